The highest BCUT2D eigenvalue weighted by Gasteiger charge is 1.68. The van der Waals surface area contributed by atoms with Crippen molar-refractivity contribution in [2.45, 2.75) is 0 Å². The Morgan fingerprint density at radius 1 is 1.83 bits per heavy atom. The second kappa shape index (κ2) is 4.55. The van der Waals surface area contributed by atoms with E-state index in [-0.39, 0.29) is 6.54 Å². The molecule has 0 rings (SSSR count). The molecule has 0 saturated carbocycles. The Balaban J connectivity index is 2.49. The maximum absolute atomic E-state index is 9.41. The lowest BCUT2D eigenvalue weighted by molar-refractivity contribution is -0.107. The fraction of sp³-hybridized carbons (Fsp3) is 0.500. The summed E-state index contributed by atoms with van der Waals surface area (Å²) in [5.74, 6) is 4.69. The highest BCUT2D eigenvalue weighted by molar-refractivity contribution is 5.51. The second-order valence-corrected chi connectivity index (χ2v) is 0.692. The third-order valence-electron chi connectivity index (χ3n) is 0.287. The van der Waals surface area contributed by atoms with Crippen molar-refractivity contribution >= 4 is 6.29 Å². The highest BCUT2D eigenvalue weighted by atomic mass is 16.1. The number of aldehydes is 1. The van der Waals surface area contributed by atoms with E-state index >= 15 is 0 Å². The molecule has 4 N–H and O–H groups in total. The van der Waals surface area contributed by atoms with Crippen molar-refractivity contribution in [1.29, 1.82) is 0 Å². The Morgan fingerprint density at radius 3 is 2.67 bits per heavy atom. The number of nitrogens with two attached hydrogens (primary N) is 1. The average molecular weight is 89.1 g/mol. The predicted molar refractivity (Wildman–Crippen MR) is 21.4 cm³/mol. The summed E-state index contributed by atoms with van der Waals surface area (Å²) < 4.78 is 0. The van der Waals surface area contributed by atoms with Crippen molar-refractivity contribution in [3.63, 3.8) is 0 Å². The van der Waals surface area contributed by atoms with Crippen LogP contribution >= 0.6 is 0 Å². The van der Waals surface area contributed by atoms with Crippen LogP contribution in [0, 0.1) is 0 Å². The number of hydrazine groups is 2. The molecule has 0 aliphatic heterocycles. The molecule has 0 aliphatic rings. The molecule has 0 heterocycles. The lowest BCUT2D eigenvalue weighted by Crippen LogP contribution is -2.38. The number of carbonyl (C=O) groups is 1. The van der Waals surface area contributed by atoms with Crippen LogP contribution in [0.5, 0.6) is 0 Å². The zero-order valence-electron chi connectivity index (χ0n) is 3.27. The summed E-state index contributed by atoms with van der Waals surface area (Å²) in [6.07, 6.45) is 0.708. The van der Waals surface area contributed by atoms with Gasteiger partial charge in [0.05, 0.1) is 6.54 Å². The van der Waals surface area contributed by atoms with E-state index in [0.29, 0.717) is 6.29 Å². The molecule has 0 aromatic carbocycles. The van der Waals surface area contributed by atoms with Gasteiger partial charge in [0.1, 0.15) is 6.29 Å². The molecule has 0 radical (unpaired) electrons. The van der Waals surface area contributed by atoms with E-state index in [1.165, 1.54) is 0 Å². The van der Waals surface area contributed by atoms with Gasteiger partial charge in [-0.15, -0.1) is 0 Å². The van der Waals surface area contributed by atoms with Crippen LogP contribution in [0.1, 0.15) is 0 Å². The van der Waals surface area contributed by atoms with Gasteiger partial charge in [0, 0.05) is 0 Å². The molecular weight excluding hydrogens is 82.0 g/mol. The summed E-state index contributed by atoms with van der Waals surface area (Å²) in [7, 11) is 0. The van der Waals surface area contributed by atoms with E-state index < -0.39 is 0 Å². The van der Waals surface area contributed by atoms with Crippen molar-refractivity contribution in [1.82, 2.24) is 11.0 Å². The van der Waals surface area contributed by atoms with E-state index in [9.17, 15) is 4.79 Å². The Bertz CT molecular complexity index is 37.8. The zero-order chi connectivity index (χ0) is 4.83. The third-order valence-corrected chi connectivity index (χ3v) is 0.287. The van der Waals surface area contributed by atoms with Gasteiger partial charge in [0.25, 0.3) is 0 Å². The first-order valence-electron chi connectivity index (χ1n) is 1.54. The molecule has 4 heteroatoms. The molecule has 0 fully saturated rings. The average Bonchev–Trinajstić information content (AvgIpc) is 1.61. The van der Waals surface area contributed by atoms with Crippen LogP contribution in [-0.2, 0) is 4.79 Å². The van der Waals surface area contributed by atoms with Gasteiger partial charge >= 0.3 is 0 Å². The fourth-order valence-corrected chi connectivity index (χ4v) is 0.101. The van der Waals surface area contributed by atoms with Gasteiger partial charge in [0.2, 0.25) is 0 Å². The summed E-state index contributed by atoms with van der Waals surface area (Å²) in [6, 6.07) is 0. The van der Waals surface area contributed by atoms with Crippen molar-refractivity contribution in [2.75, 3.05) is 6.54 Å². The summed E-state index contributed by atoms with van der Waals surface area (Å²) in [5.41, 5.74) is 4.44. The largest absolute Gasteiger partial charge is 0.302 e. The van der Waals surface area contributed by atoms with Crippen LogP contribution in [-0.4, -0.2) is 12.8 Å². The predicted octanol–water partition coefficient (Wildman–Crippen LogP) is -1.85. The number of carbonyl (C=O) groups excluding carboxylic acids is 1. The fourth-order valence-electron chi connectivity index (χ4n) is 0.101. The lowest BCUT2D eigenvalue weighted by Gasteiger charge is -1.89. The Morgan fingerprint density at radius 2 is 2.50 bits per heavy atom. The van der Waals surface area contributed by atoms with Gasteiger partial charge in [-0.25, -0.2) is 5.43 Å². The maximum Gasteiger partial charge on any atom is 0.135 e. The van der Waals surface area contributed by atoms with Gasteiger partial charge in [-0.05, 0) is 0 Å². The van der Waals surface area contributed by atoms with E-state index in [4.69, 9.17) is 5.84 Å². The monoisotopic (exact) mass is 89.1 g/mol. The topological polar surface area (TPSA) is 67.2 Å². The minimum atomic E-state index is 0.247. The van der Waals surface area contributed by atoms with Gasteiger partial charge in [-0.3, -0.25) is 5.84 Å². The standard InChI is InChI=1S/C2H7N3O/c3-5-4-1-2-6/h2,4-5H,1,3H2. The minimum Gasteiger partial charge on any atom is -0.302 e. The van der Waals surface area contributed by atoms with Gasteiger partial charge in [0.15, 0.2) is 0 Å². The van der Waals surface area contributed by atoms with Crippen molar-refractivity contribution < 1.29 is 4.79 Å². The van der Waals surface area contributed by atoms with Gasteiger partial charge < -0.3 is 4.79 Å². The van der Waals surface area contributed by atoms with Crippen molar-refractivity contribution in [3.8, 4) is 0 Å². The molecule has 0 saturated heterocycles. The Labute approximate surface area is 35.6 Å². The quantitative estimate of drug-likeness (QED) is 0.164. The van der Waals surface area contributed by atoms with Crippen molar-refractivity contribution in [2.24, 2.45) is 5.84 Å². The van der Waals surface area contributed by atoms with Crippen LogP contribution in [0.3, 0.4) is 0 Å². The normalized spacial score (nSPS) is 8.17. The van der Waals surface area contributed by atoms with E-state index in [0.717, 1.165) is 0 Å². The molecule has 0 bridgehead atoms. The number of rotatable bonds is 3. The third kappa shape index (κ3) is 3.55. The second-order valence-electron chi connectivity index (χ2n) is 0.692. The highest BCUT2D eigenvalue weighted by Crippen LogP contribution is 1.32. The molecule has 36 valence electrons. The van der Waals surface area contributed by atoms with Gasteiger partial charge in [-0.2, -0.15) is 5.53 Å². The smallest absolute Gasteiger partial charge is 0.135 e. The maximum atomic E-state index is 9.41. The Kier molecular flexibility index (Phi) is 4.21. The van der Waals surface area contributed by atoms with E-state index in [1.807, 2.05) is 0 Å². The summed E-state index contributed by atoms with van der Waals surface area (Å²) in [4.78, 5) is 9.41. The number of hydrogen-bond donors (Lipinski definition) is 3. The molecular formula is C2H7N3O. The van der Waals surface area contributed by atoms with Crippen LogP contribution in [0.2, 0.25) is 0 Å². The summed E-state index contributed by atoms with van der Waals surface area (Å²) in [5, 5.41) is 0. The van der Waals surface area contributed by atoms with E-state index in [2.05, 4.69) is 11.0 Å². The lowest BCUT2D eigenvalue weighted by atomic mass is 10.8. The number of nitrogens with one attached hydrogen (secondary N) is 2. The molecule has 0 amide bonds. The molecule has 0 aromatic rings. The molecule has 0 spiro atoms. The molecule has 0 atom stereocenters. The molecule has 6 heavy (non-hydrogen) atoms. The van der Waals surface area contributed by atoms with Crippen molar-refractivity contribution in [3.05, 3.63) is 0 Å². The minimum absolute atomic E-state index is 0.247. The molecule has 4 nitrogen and oxygen atoms in total. The van der Waals surface area contributed by atoms with Crippen LogP contribution in [0.15, 0.2) is 0 Å². The van der Waals surface area contributed by atoms with E-state index in [1.54, 1.807) is 0 Å². The molecule has 0 aliphatic carbocycles. The molecule has 0 aromatic heterocycles. The summed E-state index contributed by atoms with van der Waals surface area (Å²) in [6.45, 7) is 0.247. The van der Waals surface area contributed by atoms with Crippen LogP contribution < -0.4 is 16.8 Å². The summed E-state index contributed by atoms with van der Waals surface area (Å²) >= 11 is 0. The Hall–Kier alpha value is -0.450. The van der Waals surface area contributed by atoms with Gasteiger partial charge in [-0.1, -0.05) is 0 Å². The first-order valence-corrected chi connectivity index (χ1v) is 1.54. The molecule has 0 unspecified atom stereocenters. The van der Waals surface area contributed by atoms with Crippen LogP contribution in [0.25, 0.3) is 0 Å². The first kappa shape index (κ1) is 5.55. The number of hydrogen-bond acceptors (Lipinski definition) is 4. The first-order chi connectivity index (χ1) is 2.91. The van der Waals surface area contributed by atoms with Crippen LogP contribution in [0.4, 0.5) is 0 Å². The SMILES string of the molecule is NNNCC=O. The zero-order valence-corrected chi connectivity index (χ0v) is 3.27.